The molecule has 1 saturated heterocycles. The molecule has 41 heavy (non-hydrogen) atoms. The predicted octanol–water partition coefficient (Wildman–Crippen LogP) is 3.42. The zero-order valence-electron chi connectivity index (χ0n) is 21.4. The highest BCUT2D eigenvalue weighted by molar-refractivity contribution is 7.16. The van der Waals surface area contributed by atoms with Gasteiger partial charge in [-0.1, -0.05) is 11.6 Å². The van der Waals surface area contributed by atoms with Crippen LogP contribution in [-0.4, -0.2) is 62.3 Å². The molecule has 6 heterocycles. The number of Topliss-reactive ketones (excluding diaryl/α,β-unsaturated/α-hetero) is 1. The highest BCUT2D eigenvalue weighted by Crippen LogP contribution is 2.32. The Kier molecular flexibility index (Phi) is 7.50. The number of morpholine rings is 1. The molecular weight excluding hydrogens is 574 g/mol. The molecule has 5 aromatic rings. The van der Waals surface area contributed by atoms with Crippen LogP contribution < -0.4 is 15.8 Å². The van der Waals surface area contributed by atoms with Gasteiger partial charge in [0.15, 0.2) is 12.1 Å². The van der Waals surface area contributed by atoms with Crippen LogP contribution in [-0.2, 0) is 17.8 Å². The summed E-state index contributed by atoms with van der Waals surface area (Å²) in [4.78, 5) is 50.3. The van der Waals surface area contributed by atoms with Gasteiger partial charge in [-0.05, 0) is 18.2 Å². The number of pyridine rings is 1. The number of rotatable bonds is 9. The Morgan fingerprint density at radius 2 is 1.98 bits per heavy atom. The molecule has 1 aliphatic rings. The number of ketones is 1. The third-order valence-corrected chi connectivity index (χ3v) is 7.57. The summed E-state index contributed by atoms with van der Waals surface area (Å²) in [5.74, 6) is -0.225. The SMILES string of the molecule is O=C(Cn1c(N2CCOCC2)c(-c2cc(NCc3ccc(Cl)s3)n(C(=O)c3cocn3)n2)ccc1=O)c1ncco1. The molecule has 1 fully saturated rings. The fourth-order valence-corrected chi connectivity index (χ4v) is 5.48. The molecule has 0 spiro atoms. The van der Waals surface area contributed by atoms with Crippen molar-refractivity contribution in [1.82, 2.24) is 24.3 Å². The van der Waals surface area contributed by atoms with Gasteiger partial charge in [-0.15, -0.1) is 11.3 Å². The van der Waals surface area contributed by atoms with Crippen LogP contribution in [0.1, 0.15) is 26.1 Å². The first-order valence-electron chi connectivity index (χ1n) is 12.5. The highest BCUT2D eigenvalue weighted by Gasteiger charge is 2.26. The van der Waals surface area contributed by atoms with E-state index in [9.17, 15) is 14.4 Å². The van der Waals surface area contributed by atoms with Crippen molar-refractivity contribution in [3.8, 4) is 11.3 Å². The van der Waals surface area contributed by atoms with Gasteiger partial charge in [-0.3, -0.25) is 19.0 Å². The van der Waals surface area contributed by atoms with Crippen molar-refractivity contribution in [2.24, 2.45) is 0 Å². The molecule has 0 saturated carbocycles. The van der Waals surface area contributed by atoms with Crippen molar-refractivity contribution >= 4 is 46.3 Å². The number of hydrogen-bond acceptors (Lipinski definition) is 12. The van der Waals surface area contributed by atoms with Gasteiger partial charge in [-0.25, -0.2) is 9.97 Å². The maximum atomic E-state index is 13.3. The zero-order valence-corrected chi connectivity index (χ0v) is 22.9. The quantitative estimate of drug-likeness (QED) is 0.250. The summed E-state index contributed by atoms with van der Waals surface area (Å²) in [5, 5.41) is 7.87. The van der Waals surface area contributed by atoms with Crippen LogP contribution in [0.3, 0.4) is 0 Å². The molecule has 0 aromatic carbocycles. The lowest BCUT2D eigenvalue weighted by Gasteiger charge is -2.32. The summed E-state index contributed by atoms with van der Waals surface area (Å²) in [7, 11) is 0. The molecule has 6 rings (SSSR count). The Balaban J connectivity index is 1.45. The third-order valence-electron chi connectivity index (χ3n) is 6.34. The van der Waals surface area contributed by atoms with E-state index in [1.807, 2.05) is 11.0 Å². The summed E-state index contributed by atoms with van der Waals surface area (Å²) in [5.41, 5.74) is 0.617. The molecule has 0 radical (unpaired) electrons. The molecule has 15 heteroatoms. The maximum absolute atomic E-state index is 13.3. The van der Waals surface area contributed by atoms with Crippen LogP contribution in [0.2, 0.25) is 4.34 Å². The van der Waals surface area contributed by atoms with E-state index in [0.29, 0.717) is 60.1 Å². The molecule has 210 valence electrons. The number of aromatic nitrogens is 5. The molecule has 0 unspecified atom stereocenters. The minimum atomic E-state index is -0.517. The fourth-order valence-electron chi connectivity index (χ4n) is 4.45. The van der Waals surface area contributed by atoms with Gasteiger partial charge < -0.3 is 23.8 Å². The summed E-state index contributed by atoms with van der Waals surface area (Å²) in [6.45, 7) is 1.91. The van der Waals surface area contributed by atoms with E-state index < -0.39 is 11.7 Å². The maximum Gasteiger partial charge on any atom is 0.301 e. The summed E-state index contributed by atoms with van der Waals surface area (Å²) < 4.78 is 18.9. The van der Waals surface area contributed by atoms with Crippen LogP contribution in [0.15, 0.2) is 69.1 Å². The van der Waals surface area contributed by atoms with Crippen molar-refractivity contribution in [3.05, 3.63) is 86.6 Å². The number of carbonyl (C=O) groups is 2. The molecule has 5 aromatic heterocycles. The van der Waals surface area contributed by atoms with Gasteiger partial charge >= 0.3 is 5.91 Å². The van der Waals surface area contributed by atoms with Crippen molar-refractivity contribution in [2.45, 2.75) is 13.1 Å². The fraction of sp³-hybridized carbons (Fsp3) is 0.231. The summed E-state index contributed by atoms with van der Waals surface area (Å²) in [6.07, 6.45) is 5.06. The summed E-state index contributed by atoms with van der Waals surface area (Å²) >= 11 is 7.50. The topological polar surface area (TPSA) is 151 Å². The van der Waals surface area contributed by atoms with Crippen molar-refractivity contribution in [2.75, 3.05) is 36.5 Å². The Hall–Kier alpha value is -4.53. The first-order valence-corrected chi connectivity index (χ1v) is 13.7. The second-order valence-corrected chi connectivity index (χ2v) is 10.7. The monoisotopic (exact) mass is 595 g/mol. The first-order chi connectivity index (χ1) is 20.0. The summed E-state index contributed by atoms with van der Waals surface area (Å²) in [6, 6.07) is 8.39. The highest BCUT2D eigenvalue weighted by atomic mass is 35.5. The van der Waals surface area contributed by atoms with Gasteiger partial charge in [0.05, 0.1) is 42.5 Å². The molecule has 13 nitrogen and oxygen atoms in total. The second kappa shape index (κ2) is 11.5. The largest absolute Gasteiger partial charge is 0.451 e. The van der Waals surface area contributed by atoms with Gasteiger partial charge in [-0.2, -0.15) is 9.78 Å². The van der Waals surface area contributed by atoms with Crippen LogP contribution in [0, 0.1) is 0 Å². The minimum absolute atomic E-state index is 0.0665. The molecule has 0 amide bonds. The van der Waals surface area contributed by atoms with E-state index in [1.165, 1.54) is 45.4 Å². The van der Waals surface area contributed by atoms with Crippen LogP contribution in [0.5, 0.6) is 0 Å². The van der Waals surface area contributed by atoms with Crippen molar-refractivity contribution in [3.63, 3.8) is 0 Å². The van der Waals surface area contributed by atoms with E-state index in [1.54, 1.807) is 18.2 Å². The van der Waals surface area contributed by atoms with E-state index >= 15 is 0 Å². The second-order valence-electron chi connectivity index (χ2n) is 8.92. The lowest BCUT2D eigenvalue weighted by atomic mass is 10.1. The van der Waals surface area contributed by atoms with Crippen LogP contribution in [0.4, 0.5) is 11.6 Å². The molecule has 0 atom stereocenters. The number of hydrogen-bond donors (Lipinski definition) is 1. The average molecular weight is 596 g/mol. The van der Waals surface area contributed by atoms with E-state index in [-0.39, 0.29) is 23.7 Å². The van der Waals surface area contributed by atoms with E-state index in [2.05, 4.69) is 20.4 Å². The first kappa shape index (κ1) is 26.7. The van der Waals surface area contributed by atoms with Gasteiger partial charge in [0.1, 0.15) is 24.2 Å². The van der Waals surface area contributed by atoms with Crippen molar-refractivity contribution < 1.29 is 23.2 Å². The average Bonchev–Trinajstić information content (AvgIpc) is 3.80. The number of ether oxygens (including phenoxy) is 1. The molecular formula is C26H22ClN7O6S. The molecule has 1 aliphatic heterocycles. The Morgan fingerprint density at radius 1 is 1.12 bits per heavy atom. The molecule has 1 N–H and O–H groups in total. The Morgan fingerprint density at radius 3 is 2.68 bits per heavy atom. The smallest absolute Gasteiger partial charge is 0.301 e. The van der Waals surface area contributed by atoms with Crippen LogP contribution in [0.25, 0.3) is 11.3 Å². The Bertz CT molecular complexity index is 1740. The van der Waals surface area contributed by atoms with E-state index in [0.717, 1.165) is 11.3 Å². The van der Waals surface area contributed by atoms with Crippen LogP contribution >= 0.6 is 22.9 Å². The zero-order chi connectivity index (χ0) is 28.3. The minimum Gasteiger partial charge on any atom is -0.451 e. The number of oxazole rings is 2. The van der Waals surface area contributed by atoms with Gasteiger partial charge in [0, 0.05) is 35.7 Å². The third kappa shape index (κ3) is 5.57. The number of nitrogens with one attached hydrogen (secondary N) is 1. The predicted molar refractivity (Wildman–Crippen MR) is 149 cm³/mol. The van der Waals surface area contributed by atoms with Gasteiger partial charge in [0.2, 0.25) is 5.78 Å². The molecule has 0 aliphatic carbocycles. The number of carbonyl (C=O) groups excluding carboxylic acids is 2. The number of thiophene rings is 1. The lowest BCUT2D eigenvalue weighted by Crippen LogP contribution is -2.41. The van der Waals surface area contributed by atoms with Crippen molar-refractivity contribution in [1.29, 1.82) is 0 Å². The lowest BCUT2D eigenvalue weighted by molar-refractivity contribution is 0.0931. The number of nitrogens with zero attached hydrogens (tertiary/aromatic N) is 6. The van der Waals surface area contributed by atoms with Gasteiger partial charge in [0.25, 0.3) is 11.4 Å². The Labute approximate surface area is 240 Å². The molecule has 0 bridgehead atoms. The number of halogens is 1. The number of anilines is 2. The van der Waals surface area contributed by atoms with E-state index in [4.69, 9.17) is 25.2 Å². The normalized spacial score (nSPS) is 13.4. The standard InChI is InChI=1S/C26H22ClN7O6S/c27-21-3-1-16(41-21)12-29-22-11-18(31-34(22)26(37)19-14-39-15-30-19)17-2-4-23(36)33(13-20(35)24-28-5-8-40-24)25(17)32-6-9-38-10-7-32/h1-5,8,11,14-15,29H,6-7,9-10,12-13H2.